The summed E-state index contributed by atoms with van der Waals surface area (Å²) < 4.78 is 20.2. The first-order chi connectivity index (χ1) is 12.3. The predicted molar refractivity (Wildman–Crippen MR) is 99.6 cm³/mol. The maximum absolute atomic E-state index is 14.6. The van der Waals surface area contributed by atoms with Crippen LogP contribution in [0, 0.1) is 10.6 Å². The zero-order chi connectivity index (χ0) is 19.0. The Morgan fingerprint density at radius 3 is 2.73 bits per heavy atom. The molecule has 6 nitrogen and oxygen atoms in total. The van der Waals surface area contributed by atoms with Crippen LogP contribution in [-0.4, -0.2) is 22.0 Å². The first kappa shape index (κ1) is 18.1. The number of hydrogen-bond acceptors (Lipinski definition) is 6. The van der Waals surface area contributed by atoms with Gasteiger partial charge >= 0.3 is 5.97 Å². The van der Waals surface area contributed by atoms with Crippen LogP contribution < -0.4 is 11.1 Å². The summed E-state index contributed by atoms with van der Waals surface area (Å²) in [6.45, 7) is 5.22. The van der Waals surface area contributed by atoms with Gasteiger partial charge in [0, 0.05) is 16.8 Å². The molecule has 1 aromatic carbocycles. The number of fused-ring (bicyclic) bond motifs is 1. The summed E-state index contributed by atoms with van der Waals surface area (Å²) in [5, 5.41) is 3.04. The molecule has 1 aliphatic heterocycles. The highest BCUT2D eigenvalue weighted by atomic mass is 32.1. The van der Waals surface area contributed by atoms with Gasteiger partial charge in [-0.05, 0) is 39.1 Å². The monoisotopic (exact) mass is 374 g/mol. The Balaban J connectivity index is 2.28. The molecule has 1 aromatic heterocycles. The molecule has 0 radical (unpaired) electrons. The number of H-pyrrole nitrogens is 1. The van der Waals surface area contributed by atoms with Crippen LogP contribution in [0.4, 0.5) is 16.0 Å². The number of nitrogen functional groups attached to an aromatic ring is 1. The van der Waals surface area contributed by atoms with Crippen LogP contribution in [0.2, 0.25) is 0 Å². The Kier molecular flexibility index (Phi) is 4.78. The second-order valence-electron chi connectivity index (χ2n) is 6.29. The molecule has 0 amide bonds. The van der Waals surface area contributed by atoms with E-state index < -0.39 is 17.7 Å². The number of aromatic nitrogens is 2. The van der Waals surface area contributed by atoms with Gasteiger partial charge in [-0.25, -0.2) is 14.2 Å². The molecule has 1 unspecified atom stereocenters. The highest BCUT2D eigenvalue weighted by Crippen LogP contribution is 2.44. The van der Waals surface area contributed by atoms with Gasteiger partial charge in [-0.2, -0.15) is 0 Å². The first-order valence-electron chi connectivity index (χ1n) is 8.12. The maximum Gasteiger partial charge on any atom is 0.337 e. The minimum Gasteiger partial charge on any atom is -0.460 e. The van der Waals surface area contributed by atoms with Crippen molar-refractivity contribution < 1.29 is 13.9 Å². The topological polar surface area (TPSA) is 93.0 Å². The number of ether oxygens (including phenoxy) is 1. The zero-order valence-electron chi connectivity index (χ0n) is 14.6. The molecule has 4 N–H and O–H groups in total. The normalized spacial score (nSPS) is 16.3. The highest BCUT2D eigenvalue weighted by Gasteiger charge is 2.37. The van der Waals surface area contributed by atoms with Gasteiger partial charge < -0.3 is 20.8 Å². The van der Waals surface area contributed by atoms with Gasteiger partial charge in [0.05, 0.1) is 17.6 Å². The average Bonchev–Trinajstić information content (AvgIpc) is 2.52. The van der Waals surface area contributed by atoms with Crippen molar-refractivity contribution in [3.63, 3.8) is 0 Å². The third kappa shape index (κ3) is 3.20. The molecule has 0 aliphatic carbocycles. The van der Waals surface area contributed by atoms with Crippen molar-refractivity contribution in [2.24, 2.45) is 0 Å². The molecule has 0 bridgehead atoms. The SMILES string of the molecule is CC1=C(C(=O)OC(C)C)C(c2ccccc2F)c2c(nc(=S)[nH]c2N)N1. The maximum atomic E-state index is 14.6. The summed E-state index contributed by atoms with van der Waals surface area (Å²) in [4.78, 5) is 19.8. The molecule has 136 valence electrons. The molecular formula is C18H19FN4O2S. The fourth-order valence-electron chi connectivity index (χ4n) is 3.06. The Morgan fingerprint density at radius 2 is 2.08 bits per heavy atom. The van der Waals surface area contributed by atoms with E-state index in [4.69, 9.17) is 22.7 Å². The smallest absolute Gasteiger partial charge is 0.337 e. The zero-order valence-corrected chi connectivity index (χ0v) is 15.4. The molecule has 0 saturated carbocycles. The van der Waals surface area contributed by atoms with Gasteiger partial charge in [0.15, 0.2) is 4.77 Å². The molecule has 8 heteroatoms. The molecule has 1 atom stereocenters. The first-order valence-corrected chi connectivity index (χ1v) is 8.53. The van der Waals surface area contributed by atoms with E-state index in [9.17, 15) is 9.18 Å². The van der Waals surface area contributed by atoms with E-state index in [0.29, 0.717) is 22.6 Å². The van der Waals surface area contributed by atoms with E-state index in [-0.39, 0.29) is 22.3 Å². The summed E-state index contributed by atoms with van der Waals surface area (Å²) in [6, 6.07) is 6.25. The summed E-state index contributed by atoms with van der Waals surface area (Å²) in [6.07, 6.45) is -0.317. The number of esters is 1. The molecule has 0 fully saturated rings. The van der Waals surface area contributed by atoms with Crippen LogP contribution >= 0.6 is 12.2 Å². The van der Waals surface area contributed by atoms with Gasteiger partial charge in [0.25, 0.3) is 0 Å². The number of carbonyl (C=O) groups excluding carboxylic acids is 1. The van der Waals surface area contributed by atoms with Crippen molar-refractivity contribution in [3.8, 4) is 0 Å². The number of rotatable bonds is 3. The number of nitrogens with one attached hydrogen (secondary N) is 2. The van der Waals surface area contributed by atoms with Crippen molar-refractivity contribution in [2.45, 2.75) is 32.8 Å². The molecule has 2 heterocycles. The number of halogens is 1. The summed E-state index contributed by atoms with van der Waals surface area (Å²) in [7, 11) is 0. The molecule has 0 spiro atoms. The van der Waals surface area contributed by atoms with E-state index in [1.54, 1.807) is 39.0 Å². The number of nitrogens with zero attached hydrogens (tertiary/aromatic N) is 1. The van der Waals surface area contributed by atoms with E-state index in [0.717, 1.165) is 0 Å². The van der Waals surface area contributed by atoms with Crippen LogP contribution in [0.15, 0.2) is 35.5 Å². The highest BCUT2D eigenvalue weighted by molar-refractivity contribution is 7.71. The summed E-state index contributed by atoms with van der Waals surface area (Å²) >= 11 is 5.07. The van der Waals surface area contributed by atoms with Gasteiger partial charge in [-0.3, -0.25) is 0 Å². The van der Waals surface area contributed by atoms with Crippen LogP contribution in [-0.2, 0) is 9.53 Å². The van der Waals surface area contributed by atoms with Gasteiger partial charge in [0.2, 0.25) is 0 Å². The lowest BCUT2D eigenvalue weighted by Crippen LogP contribution is -2.28. The van der Waals surface area contributed by atoms with Gasteiger partial charge in [-0.1, -0.05) is 18.2 Å². The molecule has 26 heavy (non-hydrogen) atoms. The third-order valence-electron chi connectivity index (χ3n) is 4.07. The second-order valence-corrected chi connectivity index (χ2v) is 6.68. The largest absolute Gasteiger partial charge is 0.460 e. The van der Waals surface area contributed by atoms with Crippen molar-refractivity contribution in [1.82, 2.24) is 9.97 Å². The number of carbonyl (C=O) groups is 1. The van der Waals surface area contributed by atoms with Crippen molar-refractivity contribution in [2.75, 3.05) is 11.1 Å². The van der Waals surface area contributed by atoms with E-state index in [1.165, 1.54) is 6.07 Å². The van der Waals surface area contributed by atoms with Crippen LogP contribution in [0.3, 0.4) is 0 Å². The van der Waals surface area contributed by atoms with Gasteiger partial charge in [-0.15, -0.1) is 0 Å². The molecule has 3 rings (SSSR count). The van der Waals surface area contributed by atoms with Gasteiger partial charge in [0.1, 0.15) is 17.5 Å². The Labute approximate surface area is 155 Å². The van der Waals surface area contributed by atoms with E-state index in [2.05, 4.69) is 15.3 Å². The minimum absolute atomic E-state index is 0.196. The van der Waals surface area contributed by atoms with E-state index >= 15 is 0 Å². The molecule has 2 aromatic rings. The Bertz CT molecular complexity index is 968. The molecule has 0 saturated heterocycles. The van der Waals surface area contributed by atoms with Crippen LogP contribution in [0.1, 0.15) is 37.8 Å². The number of nitrogens with two attached hydrogens (primary N) is 1. The van der Waals surface area contributed by atoms with Crippen LogP contribution in [0.25, 0.3) is 0 Å². The van der Waals surface area contributed by atoms with Crippen molar-refractivity contribution >= 4 is 29.8 Å². The Morgan fingerprint density at radius 1 is 1.38 bits per heavy atom. The van der Waals surface area contributed by atoms with Crippen molar-refractivity contribution in [3.05, 3.63) is 57.3 Å². The quantitative estimate of drug-likeness (QED) is 0.561. The standard InChI is InChI=1S/C18H19FN4O2S/c1-8(2)25-17(24)12-9(3)21-16-14(15(20)22-18(26)23-16)13(12)10-6-4-5-7-11(10)19/h4-8,13H,1-3H3,(H4,20,21,22,23,26). The number of anilines is 2. The number of hydrogen-bond donors (Lipinski definition) is 3. The van der Waals surface area contributed by atoms with Crippen LogP contribution in [0.5, 0.6) is 0 Å². The fourth-order valence-corrected chi connectivity index (χ4v) is 3.26. The minimum atomic E-state index is -0.766. The lowest BCUT2D eigenvalue weighted by molar-refractivity contribution is -0.142. The number of aromatic amines is 1. The number of allylic oxidation sites excluding steroid dienone is 1. The fraction of sp³-hybridized carbons (Fsp3) is 0.278. The molecular weight excluding hydrogens is 355 g/mol. The average molecular weight is 374 g/mol. The predicted octanol–water partition coefficient (Wildman–Crippen LogP) is 3.64. The summed E-state index contributed by atoms with van der Waals surface area (Å²) in [5.74, 6) is -1.13. The second kappa shape index (κ2) is 6.87. The van der Waals surface area contributed by atoms with E-state index in [1.807, 2.05) is 0 Å². The lowest BCUT2D eigenvalue weighted by Gasteiger charge is -2.30. The Hall–Kier alpha value is -2.74. The lowest BCUT2D eigenvalue weighted by atomic mass is 9.81. The number of benzene rings is 1. The van der Waals surface area contributed by atoms with Crippen molar-refractivity contribution in [1.29, 1.82) is 0 Å². The summed E-state index contributed by atoms with van der Waals surface area (Å²) in [5.41, 5.74) is 7.71. The third-order valence-corrected chi connectivity index (χ3v) is 4.26. The molecule has 1 aliphatic rings.